The summed E-state index contributed by atoms with van der Waals surface area (Å²) in [6.45, 7) is 4.57. The molecule has 0 fully saturated rings. The monoisotopic (exact) mass is 423 g/mol. The van der Waals surface area contributed by atoms with E-state index in [4.69, 9.17) is 16.4 Å². The van der Waals surface area contributed by atoms with Crippen molar-refractivity contribution in [3.63, 3.8) is 0 Å². The van der Waals surface area contributed by atoms with Gasteiger partial charge in [0.25, 0.3) is 5.91 Å². The summed E-state index contributed by atoms with van der Waals surface area (Å²) in [5.74, 6) is 0.639. The number of nitrogens with one attached hydrogen (secondary N) is 1. The molecule has 7 nitrogen and oxygen atoms in total. The summed E-state index contributed by atoms with van der Waals surface area (Å²) < 4.78 is 0. The van der Waals surface area contributed by atoms with E-state index in [1.807, 2.05) is 32.3 Å². The fourth-order valence-electron chi connectivity index (χ4n) is 2.32. The largest absolute Gasteiger partial charge is 0.351 e. The summed E-state index contributed by atoms with van der Waals surface area (Å²) in [5, 5.41) is 0.803. The number of likely N-dealkylation sites (N-methyl/N-ethyl adjacent to an activating group) is 1. The van der Waals surface area contributed by atoms with Gasteiger partial charge in [0.1, 0.15) is 11.0 Å². The van der Waals surface area contributed by atoms with Gasteiger partial charge in [0.2, 0.25) is 0 Å². The molecule has 0 aliphatic rings. The van der Waals surface area contributed by atoms with Crippen LogP contribution in [0.4, 0.5) is 5.82 Å². The van der Waals surface area contributed by atoms with E-state index < -0.39 is 0 Å². The number of carbonyl (C=O) groups excluding carboxylic acids is 1. The van der Waals surface area contributed by atoms with Crippen LogP contribution in [0.15, 0.2) is 41.6 Å². The molecule has 0 atom stereocenters. The van der Waals surface area contributed by atoms with Gasteiger partial charge < -0.3 is 9.80 Å². The Bertz CT molecular complexity index is 748. The lowest BCUT2D eigenvalue weighted by Crippen LogP contribution is -2.32. The highest BCUT2D eigenvalue weighted by molar-refractivity contribution is 7.99. The second-order valence-corrected chi connectivity index (χ2v) is 7.62. The zero-order valence-electron chi connectivity index (χ0n) is 16.4. The number of hydroxylamine groups is 1. The fraction of sp³-hybridized carbons (Fsp3) is 0.421. The number of hydrogen-bond acceptors (Lipinski definition) is 7. The molecule has 2 rings (SSSR count). The molecule has 152 valence electrons. The number of amides is 1. The molecule has 0 aliphatic heterocycles. The number of nitrogens with zero attached hydrogens (tertiary/aromatic N) is 4. The van der Waals surface area contributed by atoms with Gasteiger partial charge in [-0.25, -0.2) is 15.4 Å². The number of hydrogen-bond donors (Lipinski definition) is 1. The van der Waals surface area contributed by atoms with Crippen LogP contribution in [0.5, 0.6) is 0 Å². The van der Waals surface area contributed by atoms with Crippen LogP contribution in [0.1, 0.15) is 12.5 Å². The predicted molar refractivity (Wildman–Crippen MR) is 114 cm³/mol. The van der Waals surface area contributed by atoms with Gasteiger partial charge in [0.05, 0.1) is 12.4 Å². The van der Waals surface area contributed by atoms with E-state index in [1.165, 1.54) is 17.3 Å². The summed E-state index contributed by atoms with van der Waals surface area (Å²) in [4.78, 5) is 29.8. The van der Waals surface area contributed by atoms with Crippen molar-refractivity contribution >= 4 is 35.1 Å². The molecule has 1 N–H and O–H groups in total. The molecule has 1 aromatic carbocycles. The Balaban J connectivity index is 2.14. The molecule has 2 aromatic rings. The molecule has 0 aliphatic carbocycles. The lowest BCUT2D eigenvalue weighted by Gasteiger charge is -2.26. The van der Waals surface area contributed by atoms with Gasteiger partial charge in [-0.15, -0.1) is 0 Å². The average Bonchev–Trinajstić information content (AvgIpc) is 2.68. The highest BCUT2D eigenvalue weighted by atomic mass is 35.5. The van der Waals surface area contributed by atoms with Gasteiger partial charge in [-0.2, -0.15) is 0 Å². The van der Waals surface area contributed by atoms with E-state index in [0.29, 0.717) is 23.5 Å². The highest BCUT2D eigenvalue weighted by Crippen LogP contribution is 2.23. The van der Waals surface area contributed by atoms with Crippen molar-refractivity contribution in [2.75, 3.05) is 44.4 Å². The topological polar surface area (TPSA) is 70.6 Å². The molecule has 9 heteroatoms. The molecular weight excluding hydrogens is 398 g/mol. The molecule has 28 heavy (non-hydrogen) atoms. The van der Waals surface area contributed by atoms with Crippen molar-refractivity contribution in [2.45, 2.75) is 18.6 Å². The van der Waals surface area contributed by atoms with Crippen LogP contribution in [0, 0.1) is 0 Å². The number of thioether (sulfide) groups is 1. The number of halogens is 1. The molecule has 0 unspecified atom stereocenters. The van der Waals surface area contributed by atoms with E-state index in [9.17, 15) is 4.79 Å². The number of anilines is 1. The van der Waals surface area contributed by atoms with Crippen molar-refractivity contribution in [3.05, 3.63) is 47.1 Å². The number of carbonyl (C=O) groups is 1. The van der Waals surface area contributed by atoms with Crippen molar-refractivity contribution in [2.24, 2.45) is 0 Å². The van der Waals surface area contributed by atoms with Crippen LogP contribution in [0.25, 0.3) is 0 Å². The minimum atomic E-state index is -0.245. The van der Waals surface area contributed by atoms with Crippen LogP contribution in [0.3, 0.4) is 0 Å². The first kappa shape index (κ1) is 22.4. The molecule has 0 radical (unpaired) electrons. The number of rotatable bonds is 11. The fourth-order valence-corrected chi connectivity index (χ4v) is 3.19. The van der Waals surface area contributed by atoms with E-state index in [1.54, 1.807) is 13.0 Å². The molecule has 0 saturated carbocycles. The van der Waals surface area contributed by atoms with Crippen molar-refractivity contribution < 1.29 is 9.63 Å². The lowest BCUT2D eigenvalue weighted by molar-refractivity contribution is -0.130. The first-order valence-corrected chi connectivity index (χ1v) is 10.4. The Morgan fingerprint density at radius 2 is 1.96 bits per heavy atom. The highest BCUT2D eigenvalue weighted by Gasteiger charge is 2.14. The summed E-state index contributed by atoms with van der Waals surface area (Å²) >= 11 is 7.45. The lowest BCUT2D eigenvalue weighted by atomic mass is 10.2. The summed E-state index contributed by atoms with van der Waals surface area (Å²) in [7, 11) is 4.07. The van der Waals surface area contributed by atoms with Gasteiger partial charge in [-0.05, 0) is 26.6 Å². The average molecular weight is 424 g/mol. The molecule has 1 amide bonds. The second kappa shape index (κ2) is 11.9. The normalized spacial score (nSPS) is 10.9. The standard InChI is InChI=1S/C19H26ClN5O2S/c1-4-27-23-18(26)14-28-19-21-16(20)12-17(22-19)25(11-10-24(2)3)13-15-8-6-5-7-9-15/h5-9,12H,4,10-11,13-14H2,1-3H3,(H,23,26). The van der Waals surface area contributed by atoms with Crippen molar-refractivity contribution in [1.82, 2.24) is 20.3 Å². The number of aromatic nitrogens is 2. The molecule has 0 bridgehead atoms. The first-order valence-electron chi connectivity index (χ1n) is 8.99. The molecule has 1 heterocycles. The molecule has 0 spiro atoms. The molecular formula is C19H26ClN5O2S. The zero-order valence-corrected chi connectivity index (χ0v) is 18.0. The van der Waals surface area contributed by atoms with Crippen molar-refractivity contribution in [3.8, 4) is 0 Å². The quantitative estimate of drug-likeness (QED) is 0.258. The Hall–Kier alpha value is -1.87. The first-order chi connectivity index (χ1) is 13.5. The predicted octanol–water partition coefficient (Wildman–Crippen LogP) is 2.86. The minimum absolute atomic E-state index is 0.149. The molecule has 1 aromatic heterocycles. The zero-order chi connectivity index (χ0) is 20.4. The smallest absolute Gasteiger partial charge is 0.254 e. The van der Waals surface area contributed by atoms with Gasteiger partial charge in [0.15, 0.2) is 5.16 Å². The van der Waals surface area contributed by atoms with E-state index >= 15 is 0 Å². The Morgan fingerprint density at radius 1 is 1.21 bits per heavy atom. The van der Waals surface area contributed by atoms with E-state index in [2.05, 4.69) is 37.4 Å². The third-order valence-electron chi connectivity index (χ3n) is 3.68. The second-order valence-electron chi connectivity index (χ2n) is 6.29. The van der Waals surface area contributed by atoms with Crippen LogP contribution < -0.4 is 10.4 Å². The number of benzene rings is 1. The van der Waals surface area contributed by atoms with Crippen LogP contribution in [-0.4, -0.2) is 60.3 Å². The maximum Gasteiger partial charge on any atom is 0.254 e. The summed E-state index contributed by atoms with van der Waals surface area (Å²) in [6.07, 6.45) is 0. The minimum Gasteiger partial charge on any atom is -0.351 e. The van der Waals surface area contributed by atoms with Gasteiger partial charge in [0, 0.05) is 25.7 Å². The summed E-state index contributed by atoms with van der Waals surface area (Å²) in [6, 6.07) is 12.0. The maximum absolute atomic E-state index is 11.7. The summed E-state index contributed by atoms with van der Waals surface area (Å²) in [5.41, 5.74) is 3.54. The van der Waals surface area contributed by atoms with Gasteiger partial charge in [-0.3, -0.25) is 9.63 Å². The van der Waals surface area contributed by atoms with Gasteiger partial charge in [-0.1, -0.05) is 53.7 Å². The molecule has 0 saturated heterocycles. The third-order valence-corrected chi connectivity index (χ3v) is 4.72. The Labute approximate surface area is 175 Å². The maximum atomic E-state index is 11.7. The van der Waals surface area contributed by atoms with Crippen LogP contribution >= 0.6 is 23.4 Å². The Kier molecular flexibility index (Phi) is 9.49. The SMILES string of the molecule is CCONC(=O)CSc1nc(Cl)cc(N(CCN(C)C)Cc2ccccc2)n1. The third kappa shape index (κ3) is 8.02. The Morgan fingerprint density at radius 3 is 2.64 bits per heavy atom. The van der Waals surface area contributed by atoms with Gasteiger partial charge >= 0.3 is 0 Å². The van der Waals surface area contributed by atoms with E-state index in [0.717, 1.165) is 18.9 Å². The van der Waals surface area contributed by atoms with Crippen LogP contribution in [0.2, 0.25) is 5.15 Å². The van der Waals surface area contributed by atoms with Crippen molar-refractivity contribution in [1.29, 1.82) is 0 Å². The van der Waals surface area contributed by atoms with Crippen LogP contribution in [-0.2, 0) is 16.2 Å². The van der Waals surface area contributed by atoms with E-state index in [-0.39, 0.29) is 11.7 Å².